The Morgan fingerprint density at radius 2 is 1.81 bits per heavy atom. The van der Waals surface area contributed by atoms with Gasteiger partial charge in [-0.05, 0) is 31.9 Å². The molecule has 2 rings (SSSR count). The maximum absolute atomic E-state index is 5.67. The van der Waals surface area contributed by atoms with Crippen molar-refractivity contribution >= 4 is 5.90 Å². The Hall–Kier alpha value is -1.31. The van der Waals surface area contributed by atoms with Gasteiger partial charge in [-0.3, -0.25) is 0 Å². The molecular weight excluding hydrogens is 198 g/mol. The van der Waals surface area contributed by atoms with Gasteiger partial charge in [-0.1, -0.05) is 31.0 Å². The van der Waals surface area contributed by atoms with Crippen LogP contribution in [-0.2, 0) is 4.74 Å². The topological polar surface area (TPSA) is 21.6 Å². The van der Waals surface area contributed by atoms with Crippen LogP contribution in [0.1, 0.15) is 30.5 Å². The molecule has 1 aromatic rings. The zero-order chi connectivity index (χ0) is 11.7. The molecule has 16 heavy (non-hydrogen) atoms. The van der Waals surface area contributed by atoms with Crippen molar-refractivity contribution in [2.75, 3.05) is 6.61 Å². The molecule has 1 atom stereocenters. The third-order valence-electron chi connectivity index (χ3n) is 2.91. The molecule has 0 saturated carbocycles. The molecule has 2 nitrogen and oxygen atoms in total. The van der Waals surface area contributed by atoms with Gasteiger partial charge in [0.1, 0.15) is 6.61 Å². The van der Waals surface area contributed by atoms with E-state index in [0.717, 1.165) is 18.1 Å². The van der Waals surface area contributed by atoms with E-state index >= 15 is 0 Å². The van der Waals surface area contributed by atoms with Gasteiger partial charge < -0.3 is 4.74 Å². The lowest BCUT2D eigenvalue weighted by atomic mass is 10.1. The Kier molecular flexibility index (Phi) is 2.99. The molecule has 0 aromatic heterocycles. The van der Waals surface area contributed by atoms with Crippen molar-refractivity contribution in [3.05, 3.63) is 34.9 Å². The molecule has 0 amide bonds. The normalized spacial score (nSPS) is 19.8. The van der Waals surface area contributed by atoms with Crippen LogP contribution in [0.4, 0.5) is 0 Å². The van der Waals surface area contributed by atoms with Gasteiger partial charge in [0.2, 0.25) is 5.90 Å². The molecule has 2 heteroatoms. The standard InChI is InChI=1S/C14H19NO/c1-9(2)13-8-16-14(15-13)12-6-10(3)5-11(4)7-12/h5-7,9,13H,8H2,1-4H3/t13-/m0/s1. The highest BCUT2D eigenvalue weighted by Crippen LogP contribution is 2.19. The number of aryl methyl sites for hydroxylation is 2. The minimum Gasteiger partial charge on any atom is -0.475 e. The van der Waals surface area contributed by atoms with Crippen LogP contribution in [0.5, 0.6) is 0 Å². The summed E-state index contributed by atoms with van der Waals surface area (Å²) in [7, 11) is 0. The van der Waals surface area contributed by atoms with Crippen molar-refractivity contribution in [2.45, 2.75) is 33.7 Å². The Bertz CT molecular complexity index is 400. The van der Waals surface area contributed by atoms with Gasteiger partial charge in [0.15, 0.2) is 0 Å². The summed E-state index contributed by atoms with van der Waals surface area (Å²) < 4.78 is 5.67. The molecule has 0 fully saturated rings. The van der Waals surface area contributed by atoms with Gasteiger partial charge in [-0.2, -0.15) is 0 Å². The molecule has 1 aliphatic rings. The number of benzene rings is 1. The van der Waals surface area contributed by atoms with Crippen molar-refractivity contribution in [1.82, 2.24) is 0 Å². The third kappa shape index (κ3) is 2.26. The fraction of sp³-hybridized carbons (Fsp3) is 0.500. The second-order valence-electron chi connectivity index (χ2n) is 4.93. The van der Waals surface area contributed by atoms with E-state index in [1.54, 1.807) is 0 Å². The second-order valence-corrected chi connectivity index (χ2v) is 4.93. The lowest BCUT2D eigenvalue weighted by Crippen LogP contribution is -2.13. The molecule has 0 spiro atoms. The number of hydrogen-bond acceptors (Lipinski definition) is 2. The third-order valence-corrected chi connectivity index (χ3v) is 2.91. The predicted molar refractivity (Wildman–Crippen MR) is 67.0 cm³/mol. The van der Waals surface area contributed by atoms with Crippen LogP contribution in [0.25, 0.3) is 0 Å². The van der Waals surface area contributed by atoms with Gasteiger partial charge in [0.05, 0.1) is 6.04 Å². The van der Waals surface area contributed by atoms with E-state index in [0.29, 0.717) is 12.0 Å². The Balaban J connectivity index is 2.28. The Morgan fingerprint density at radius 1 is 1.19 bits per heavy atom. The minimum atomic E-state index is 0.316. The molecule has 0 N–H and O–H groups in total. The first-order valence-corrected chi connectivity index (χ1v) is 5.85. The zero-order valence-corrected chi connectivity index (χ0v) is 10.4. The first-order chi connectivity index (χ1) is 7.56. The van der Waals surface area contributed by atoms with E-state index in [2.05, 4.69) is 50.9 Å². The minimum absolute atomic E-state index is 0.316. The molecule has 0 bridgehead atoms. The van der Waals surface area contributed by atoms with Crippen LogP contribution in [0.2, 0.25) is 0 Å². The highest BCUT2D eigenvalue weighted by molar-refractivity contribution is 5.95. The van der Waals surface area contributed by atoms with Crippen molar-refractivity contribution in [1.29, 1.82) is 0 Å². The number of aliphatic imine (C=N–C) groups is 1. The predicted octanol–water partition coefficient (Wildman–Crippen LogP) is 3.10. The van der Waals surface area contributed by atoms with Crippen LogP contribution >= 0.6 is 0 Å². The molecule has 0 aliphatic carbocycles. The lowest BCUT2D eigenvalue weighted by Gasteiger charge is -2.06. The summed E-state index contributed by atoms with van der Waals surface area (Å²) in [6, 6.07) is 6.75. The van der Waals surface area contributed by atoms with Gasteiger partial charge in [-0.15, -0.1) is 0 Å². The van der Waals surface area contributed by atoms with Crippen LogP contribution in [-0.4, -0.2) is 18.5 Å². The summed E-state index contributed by atoms with van der Waals surface area (Å²) in [5.41, 5.74) is 3.63. The maximum Gasteiger partial charge on any atom is 0.216 e. The monoisotopic (exact) mass is 217 g/mol. The Labute approximate surface area is 97.4 Å². The number of hydrogen-bond donors (Lipinski definition) is 0. The highest BCUT2D eigenvalue weighted by Gasteiger charge is 2.22. The van der Waals surface area contributed by atoms with Gasteiger partial charge in [0.25, 0.3) is 0 Å². The summed E-state index contributed by atoms with van der Waals surface area (Å²) >= 11 is 0. The molecule has 0 unspecified atom stereocenters. The zero-order valence-electron chi connectivity index (χ0n) is 10.4. The SMILES string of the molecule is Cc1cc(C)cc(C2=N[C@H](C(C)C)CO2)c1. The largest absolute Gasteiger partial charge is 0.475 e. The summed E-state index contributed by atoms with van der Waals surface area (Å²) in [5, 5.41) is 0. The second kappa shape index (κ2) is 4.28. The number of rotatable bonds is 2. The van der Waals surface area contributed by atoms with Crippen LogP contribution < -0.4 is 0 Å². The Morgan fingerprint density at radius 3 is 2.31 bits per heavy atom. The van der Waals surface area contributed by atoms with Gasteiger partial charge in [0, 0.05) is 5.56 Å². The highest BCUT2D eigenvalue weighted by atomic mass is 16.5. The summed E-state index contributed by atoms with van der Waals surface area (Å²) in [5.74, 6) is 1.36. The van der Waals surface area contributed by atoms with E-state index in [1.165, 1.54) is 11.1 Å². The van der Waals surface area contributed by atoms with Crippen LogP contribution in [0.15, 0.2) is 23.2 Å². The van der Waals surface area contributed by atoms with E-state index in [9.17, 15) is 0 Å². The van der Waals surface area contributed by atoms with Crippen molar-refractivity contribution in [3.63, 3.8) is 0 Å². The van der Waals surface area contributed by atoms with Crippen molar-refractivity contribution in [3.8, 4) is 0 Å². The number of ether oxygens (including phenoxy) is 1. The number of nitrogens with zero attached hydrogens (tertiary/aromatic N) is 1. The molecule has 0 radical (unpaired) electrons. The molecule has 1 heterocycles. The molecule has 0 saturated heterocycles. The summed E-state index contributed by atoms with van der Waals surface area (Å²) in [4.78, 5) is 4.63. The van der Waals surface area contributed by atoms with E-state index < -0.39 is 0 Å². The van der Waals surface area contributed by atoms with Crippen LogP contribution in [0, 0.1) is 19.8 Å². The lowest BCUT2D eigenvalue weighted by molar-refractivity contribution is 0.292. The molecule has 86 valence electrons. The van der Waals surface area contributed by atoms with E-state index in [4.69, 9.17) is 4.74 Å². The summed E-state index contributed by atoms with van der Waals surface area (Å²) in [6.07, 6.45) is 0. The molecule has 1 aromatic carbocycles. The van der Waals surface area contributed by atoms with E-state index in [1.807, 2.05) is 0 Å². The van der Waals surface area contributed by atoms with Gasteiger partial charge >= 0.3 is 0 Å². The van der Waals surface area contributed by atoms with Crippen molar-refractivity contribution < 1.29 is 4.74 Å². The van der Waals surface area contributed by atoms with Gasteiger partial charge in [-0.25, -0.2) is 4.99 Å². The maximum atomic E-state index is 5.67. The smallest absolute Gasteiger partial charge is 0.216 e. The fourth-order valence-electron chi connectivity index (χ4n) is 1.99. The molecule has 1 aliphatic heterocycles. The van der Waals surface area contributed by atoms with Crippen LogP contribution in [0.3, 0.4) is 0 Å². The fourth-order valence-corrected chi connectivity index (χ4v) is 1.99. The van der Waals surface area contributed by atoms with E-state index in [-0.39, 0.29) is 0 Å². The first-order valence-electron chi connectivity index (χ1n) is 5.85. The average molecular weight is 217 g/mol. The van der Waals surface area contributed by atoms with Crippen molar-refractivity contribution in [2.24, 2.45) is 10.9 Å². The quantitative estimate of drug-likeness (QED) is 0.746. The molecular formula is C14H19NO. The first kappa shape index (κ1) is 11.2. The summed E-state index contributed by atoms with van der Waals surface area (Å²) in [6.45, 7) is 9.29. The average Bonchev–Trinajstić information content (AvgIpc) is 2.64.